The average molecular weight is 845 g/mol. The Hall–Kier alpha value is -7.02. The molecule has 2 aliphatic rings. The predicted octanol–water partition coefficient (Wildman–Crippen LogP) is 15.7. The fourth-order valence-corrected chi connectivity index (χ4v) is 11.9. The minimum atomic E-state index is -0.177. The van der Waals surface area contributed by atoms with Crippen molar-refractivity contribution in [2.45, 2.75) is 52.4 Å². The van der Waals surface area contributed by atoms with Gasteiger partial charge >= 0.3 is 6.85 Å². The number of nitrogens with zero attached hydrogens (tertiary/aromatic N) is 2. The van der Waals surface area contributed by atoms with E-state index in [1.54, 1.807) is 0 Å². The van der Waals surface area contributed by atoms with Crippen LogP contribution in [0.2, 0.25) is 0 Å². The molecule has 0 aliphatic carbocycles. The molecule has 64 heavy (non-hydrogen) atoms. The number of benzene rings is 8. The molecule has 11 aromatic rings. The molecule has 0 radical (unpaired) electrons. The predicted molar refractivity (Wildman–Crippen MR) is 273 cm³/mol. The van der Waals surface area contributed by atoms with Gasteiger partial charge in [0.25, 0.3) is 0 Å². The van der Waals surface area contributed by atoms with Gasteiger partial charge in [0, 0.05) is 70.2 Å². The Kier molecular flexibility index (Phi) is 7.78. The van der Waals surface area contributed by atoms with Crippen LogP contribution in [0, 0.1) is 0 Å². The quantitative estimate of drug-likeness (QED) is 0.166. The number of rotatable bonds is 3. The number of hydrogen-bond donors (Lipinski definition) is 0. The topological polar surface area (TPSA) is 32.8 Å². The highest BCUT2D eigenvalue weighted by Gasteiger charge is 2.49. The van der Waals surface area contributed by atoms with E-state index in [1.807, 2.05) is 11.3 Å². The lowest BCUT2D eigenvalue weighted by Crippen LogP contribution is -2.60. The van der Waals surface area contributed by atoms with Crippen LogP contribution >= 0.6 is 11.3 Å². The number of hydrogen-bond acceptors (Lipinski definition) is 5. The Morgan fingerprint density at radius 2 is 1.14 bits per heavy atom. The Bertz CT molecular complexity index is 3710. The van der Waals surface area contributed by atoms with Gasteiger partial charge in [-0.3, -0.25) is 0 Å². The summed E-state index contributed by atoms with van der Waals surface area (Å²) in [6.07, 6.45) is 0. The second-order valence-corrected chi connectivity index (χ2v) is 20.7. The molecule has 0 saturated heterocycles. The number of para-hydroxylation sites is 2. The van der Waals surface area contributed by atoms with Gasteiger partial charge < -0.3 is 18.5 Å². The number of furan rings is 2. The third-order valence-corrected chi connectivity index (χ3v) is 15.0. The maximum atomic E-state index is 7.18. The zero-order valence-electron chi connectivity index (χ0n) is 36.8. The van der Waals surface area contributed by atoms with Gasteiger partial charge in [-0.25, -0.2) is 0 Å². The van der Waals surface area contributed by atoms with E-state index in [9.17, 15) is 0 Å². The molecule has 2 aliphatic heterocycles. The van der Waals surface area contributed by atoms with Gasteiger partial charge in [-0.1, -0.05) is 145 Å². The third kappa shape index (κ3) is 5.29. The van der Waals surface area contributed by atoms with Crippen molar-refractivity contribution in [3.63, 3.8) is 0 Å². The number of fused-ring (bicyclic) bond motifs is 14. The summed E-state index contributed by atoms with van der Waals surface area (Å²) in [7, 11) is 0. The van der Waals surface area contributed by atoms with E-state index >= 15 is 0 Å². The molecule has 0 fully saturated rings. The van der Waals surface area contributed by atoms with Crippen LogP contribution in [0.1, 0.15) is 52.7 Å². The van der Waals surface area contributed by atoms with E-state index in [0.29, 0.717) is 0 Å². The Labute approximate surface area is 377 Å². The minimum Gasteiger partial charge on any atom is -0.456 e. The van der Waals surface area contributed by atoms with Crippen molar-refractivity contribution in [2.75, 3.05) is 9.71 Å². The van der Waals surface area contributed by atoms with Crippen LogP contribution in [-0.2, 0) is 10.8 Å². The molecule has 4 nitrogen and oxygen atoms in total. The van der Waals surface area contributed by atoms with Gasteiger partial charge in [-0.2, -0.15) is 0 Å². The Morgan fingerprint density at radius 3 is 1.89 bits per heavy atom. The Balaban J connectivity index is 1.24. The largest absolute Gasteiger partial charge is 0.456 e. The molecule has 0 N–H and O–H groups in total. The maximum absolute atomic E-state index is 7.18. The first kappa shape index (κ1) is 37.5. The fraction of sp³-hybridized carbons (Fsp3) is 0.138. The zero-order chi connectivity index (χ0) is 43.2. The second-order valence-electron chi connectivity index (χ2n) is 19.7. The summed E-state index contributed by atoms with van der Waals surface area (Å²) >= 11 is 1.91. The van der Waals surface area contributed by atoms with Crippen LogP contribution in [0.25, 0.3) is 76.2 Å². The lowest BCUT2D eigenvalue weighted by atomic mass is 9.46. The summed E-state index contributed by atoms with van der Waals surface area (Å²) in [5.41, 5.74) is 17.8. The van der Waals surface area contributed by atoms with Crippen molar-refractivity contribution in [3.05, 3.63) is 175 Å². The van der Waals surface area contributed by atoms with Crippen LogP contribution in [0.15, 0.2) is 173 Å². The fourth-order valence-electron chi connectivity index (χ4n) is 10.6. The second kappa shape index (κ2) is 13.3. The van der Waals surface area contributed by atoms with E-state index in [1.165, 1.54) is 48.3 Å². The van der Waals surface area contributed by atoms with Gasteiger partial charge in [0.05, 0.1) is 11.4 Å². The molecule has 0 unspecified atom stereocenters. The van der Waals surface area contributed by atoms with Crippen molar-refractivity contribution >= 4 is 111 Å². The first-order valence-corrected chi connectivity index (χ1v) is 23.2. The third-order valence-electron chi connectivity index (χ3n) is 13.8. The van der Waals surface area contributed by atoms with E-state index in [4.69, 9.17) is 8.83 Å². The van der Waals surface area contributed by atoms with Crippen molar-refractivity contribution < 1.29 is 8.83 Å². The van der Waals surface area contributed by atoms with Crippen LogP contribution in [0.3, 0.4) is 0 Å². The van der Waals surface area contributed by atoms with Crippen LogP contribution in [-0.4, -0.2) is 6.85 Å². The highest BCUT2D eigenvalue weighted by Crippen LogP contribution is 2.56. The van der Waals surface area contributed by atoms with E-state index in [0.717, 1.165) is 77.8 Å². The van der Waals surface area contributed by atoms with Gasteiger partial charge in [-0.15, -0.1) is 11.3 Å². The zero-order valence-corrected chi connectivity index (χ0v) is 37.6. The SMILES string of the molecule is CC(C)(C)c1ccc(N2B3c4sc5ccccc5c4N(c4ccc(C(C)(C)C)cc4-c4ccccc4)c4cc5c(oc6ccccc65)c(c43)-c3c2ccc2oc4ccccc4c32)cc1. The summed E-state index contributed by atoms with van der Waals surface area (Å²) < 4.78 is 16.5. The normalized spacial score (nSPS) is 13.7. The molecular weight excluding hydrogens is 800 g/mol. The van der Waals surface area contributed by atoms with E-state index in [2.05, 4.69) is 215 Å². The van der Waals surface area contributed by atoms with E-state index < -0.39 is 0 Å². The van der Waals surface area contributed by atoms with Gasteiger partial charge in [0.1, 0.15) is 22.3 Å². The van der Waals surface area contributed by atoms with Crippen molar-refractivity contribution in [2.24, 2.45) is 0 Å². The molecule has 0 saturated carbocycles. The smallest absolute Gasteiger partial charge is 0.343 e. The highest BCUT2D eigenvalue weighted by atomic mass is 32.1. The van der Waals surface area contributed by atoms with Crippen molar-refractivity contribution in [1.82, 2.24) is 0 Å². The van der Waals surface area contributed by atoms with Gasteiger partial charge in [-0.05, 0) is 93.6 Å². The molecule has 0 atom stereocenters. The minimum absolute atomic E-state index is 0.00978. The van der Waals surface area contributed by atoms with Gasteiger partial charge in [0.15, 0.2) is 0 Å². The summed E-state index contributed by atoms with van der Waals surface area (Å²) in [6.45, 7) is 13.6. The number of thiophene rings is 1. The van der Waals surface area contributed by atoms with Crippen molar-refractivity contribution in [3.8, 4) is 22.3 Å². The molecule has 308 valence electrons. The molecule has 5 heterocycles. The van der Waals surface area contributed by atoms with E-state index in [-0.39, 0.29) is 17.7 Å². The number of anilines is 5. The van der Waals surface area contributed by atoms with Crippen LogP contribution < -0.4 is 20.0 Å². The molecule has 0 bridgehead atoms. The lowest BCUT2D eigenvalue weighted by molar-refractivity contribution is 0.590. The summed E-state index contributed by atoms with van der Waals surface area (Å²) in [5.74, 6) is 0. The standard InChI is InChI=1S/C58H45BN2O2S/c1-57(2,3)35-24-27-37(28-25-35)61-44-30-31-48-50(39-19-11-14-22-47(39)62-48)51(44)52-53-45(33-42-38-18-10-13-21-46(38)63-55(42)52)60(54-40-20-12-15-23-49(40)64-56(54)59(53)61)43-29-26-36(58(4,5)6)32-41(43)34-16-8-7-9-17-34/h7-33H,1-6H3. The Morgan fingerprint density at radius 1 is 0.500 bits per heavy atom. The first-order chi connectivity index (χ1) is 31.0. The summed E-state index contributed by atoms with van der Waals surface area (Å²) in [5, 5.41) is 5.65. The molecule has 13 rings (SSSR count). The maximum Gasteiger partial charge on any atom is 0.343 e. The summed E-state index contributed by atoms with van der Waals surface area (Å²) in [4.78, 5) is 5.23. The molecule has 0 amide bonds. The first-order valence-electron chi connectivity index (χ1n) is 22.4. The average Bonchev–Trinajstić information content (AvgIpc) is 4.00. The molecule has 6 heteroatoms. The highest BCUT2D eigenvalue weighted by molar-refractivity contribution is 7.32. The molecular formula is C58H45BN2O2S. The monoisotopic (exact) mass is 844 g/mol. The van der Waals surface area contributed by atoms with Crippen LogP contribution in [0.4, 0.5) is 28.4 Å². The molecule has 3 aromatic heterocycles. The summed E-state index contributed by atoms with van der Waals surface area (Å²) in [6, 6.07) is 60.3. The van der Waals surface area contributed by atoms with Crippen molar-refractivity contribution in [1.29, 1.82) is 0 Å². The van der Waals surface area contributed by atoms with Crippen LogP contribution in [0.5, 0.6) is 0 Å². The molecule has 0 spiro atoms. The lowest BCUT2D eigenvalue weighted by Gasteiger charge is -2.45. The van der Waals surface area contributed by atoms with Gasteiger partial charge in [0.2, 0.25) is 0 Å². The molecule has 8 aromatic carbocycles.